The first-order valence-corrected chi connectivity index (χ1v) is 9.86. The summed E-state index contributed by atoms with van der Waals surface area (Å²) in [7, 11) is 0. The molecule has 2 heterocycles. The first-order valence-electron chi connectivity index (χ1n) is 9.86. The van der Waals surface area contributed by atoms with Crippen molar-refractivity contribution in [3.05, 3.63) is 83.6 Å². The molecule has 1 aromatic heterocycles. The molecule has 1 saturated heterocycles. The Bertz CT molecular complexity index is 1190. The van der Waals surface area contributed by atoms with E-state index in [-0.39, 0.29) is 11.5 Å². The Morgan fingerprint density at radius 1 is 0.938 bits per heavy atom. The van der Waals surface area contributed by atoms with Gasteiger partial charge in [0.1, 0.15) is 5.57 Å². The fourth-order valence-electron chi connectivity index (χ4n) is 3.21. The van der Waals surface area contributed by atoms with Crippen molar-refractivity contribution in [2.75, 3.05) is 6.54 Å². The van der Waals surface area contributed by atoms with Gasteiger partial charge >= 0.3 is 6.03 Å². The third-order valence-electron chi connectivity index (χ3n) is 4.74. The second kappa shape index (κ2) is 9.09. The van der Waals surface area contributed by atoms with Gasteiger partial charge in [-0.15, -0.1) is 0 Å². The van der Waals surface area contributed by atoms with Crippen LogP contribution in [0.3, 0.4) is 0 Å². The predicted molar refractivity (Wildman–Crippen MR) is 116 cm³/mol. The SMILES string of the molecule is O=C1NC(=O)C(=Cc2cn(CCNC(=O)c3ccccc3)nc2-c2ccccc2)C(=O)N1. The van der Waals surface area contributed by atoms with Gasteiger partial charge in [0.05, 0.1) is 12.2 Å². The zero-order chi connectivity index (χ0) is 22.5. The van der Waals surface area contributed by atoms with E-state index in [0.717, 1.165) is 5.56 Å². The van der Waals surface area contributed by atoms with Crippen LogP contribution in [-0.2, 0) is 16.1 Å². The molecule has 0 atom stereocenters. The van der Waals surface area contributed by atoms with Crippen LogP contribution in [0.5, 0.6) is 0 Å². The van der Waals surface area contributed by atoms with Crippen LogP contribution in [0, 0.1) is 0 Å². The van der Waals surface area contributed by atoms with E-state index in [2.05, 4.69) is 21.0 Å². The number of carbonyl (C=O) groups is 4. The van der Waals surface area contributed by atoms with Crippen LogP contribution < -0.4 is 16.0 Å². The van der Waals surface area contributed by atoms with Gasteiger partial charge in [0.2, 0.25) is 0 Å². The van der Waals surface area contributed by atoms with Crippen LogP contribution in [-0.4, -0.2) is 40.1 Å². The lowest BCUT2D eigenvalue weighted by atomic mass is 10.0. The number of hydrogen-bond acceptors (Lipinski definition) is 5. The molecule has 9 nitrogen and oxygen atoms in total. The lowest BCUT2D eigenvalue weighted by Crippen LogP contribution is -2.51. The van der Waals surface area contributed by atoms with Crippen molar-refractivity contribution in [3.63, 3.8) is 0 Å². The van der Waals surface area contributed by atoms with Crippen LogP contribution in [0.1, 0.15) is 15.9 Å². The fraction of sp³-hybridized carbons (Fsp3) is 0.0870. The summed E-state index contributed by atoms with van der Waals surface area (Å²) >= 11 is 0. The normalized spacial score (nSPS) is 13.4. The van der Waals surface area contributed by atoms with Gasteiger partial charge in [-0.25, -0.2) is 4.79 Å². The first kappa shape index (κ1) is 20.7. The molecule has 0 radical (unpaired) electrons. The molecule has 0 saturated carbocycles. The zero-order valence-electron chi connectivity index (χ0n) is 16.9. The van der Waals surface area contributed by atoms with Crippen LogP contribution in [0.25, 0.3) is 17.3 Å². The molecule has 1 fully saturated rings. The molecular weight excluding hydrogens is 410 g/mol. The Hall–Kier alpha value is -4.53. The second-order valence-corrected chi connectivity index (χ2v) is 6.98. The molecule has 1 aliphatic rings. The lowest BCUT2D eigenvalue weighted by molar-refractivity contribution is -0.123. The predicted octanol–water partition coefficient (Wildman–Crippen LogP) is 1.73. The Morgan fingerprint density at radius 2 is 1.56 bits per heavy atom. The molecule has 0 bridgehead atoms. The average molecular weight is 429 g/mol. The van der Waals surface area contributed by atoms with E-state index in [9.17, 15) is 19.2 Å². The van der Waals surface area contributed by atoms with E-state index in [1.807, 2.05) is 36.4 Å². The van der Waals surface area contributed by atoms with Crippen molar-refractivity contribution in [2.24, 2.45) is 0 Å². The molecule has 3 N–H and O–H groups in total. The molecule has 32 heavy (non-hydrogen) atoms. The number of rotatable bonds is 6. The minimum absolute atomic E-state index is 0.191. The largest absolute Gasteiger partial charge is 0.350 e. The molecule has 160 valence electrons. The van der Waals surface area contributed by atoms with E-state index in [1.165, 1.54) is 6.08 Å². The van der Waals surface area contributed by atoms with Gasteiger partial charge in [-0.3, -0.25) is 29.7 Å². The third-order valence-corrected chi connectivity index (χ3v) is 4.74. The number of nitrogens with one attached hydrogen (secondary N) is 3. The summed E-state index contributed by atoms with van der Waals surface area (Å²) < 4.78 is 1.63. The Morgan fingerprint density at radius 3 is 2.22 bits per heavy atom. The van der Waals surface area contributed by atoms with E-state index in [0.29, 0.717) is 29.9 Å². The molecule has 9 heteroatoms. The van der Waals surface area contributed by atoms with Gasteiger partial charge in [-0.05, 0) is 18.2 Å². The maximum absolute atomic E-state index is 12.2. The summed E-state index contributed by atoms with van der Waals surface area (Å²) in [6.45, 7) is 0.702. The second-order valence-electron chi connectivity index (χ2n) is 6.98. The molecule has 0 spiro atoms. The quantitative estimate of drug-likeness (QED) is 0.407. The lowest BCUT2D eigenvalue weighted by Gasteiger charge is -2.13. The van der Waals surface area contributed by atoms with Crippen molar-refractivity contribution in [3.8, 4) is 11.3 Å². The van der Waals surface area contributed by atoms with Crippen LogP contribution in [0.15, 0.2) is 72.4 Å². The summed E-state index contributed by atoms with van der Waals surface area (Å²) in [5, 5.41) is 11.5. The van der Waals surface area contributed by atoms with Gasteiger partial charge in [0, 0.05) is 29.4 Å². The zero-order valence-corrected chi connectivity index (χ0v) is 16.9. The Labute approximate surface area is 183 Å². The summed E-state index contributed by atoms with van der Waals surface area (Å²) in [5.41, 5.74) is 2.25. The van der Waals surface area contributed by atoms with Gasteiger partial charge in [0.25, 0.3) is 17.7 Å². The number of amides is 5. The highest BCUT2D eigenvalue weighted by atomic mass is 16.2. The topological polar surface area (TPSA) is 122 Å². The minimum Gasteiger partial charge on any atom is -0.350 e. The van der Waals surface area contributed by atoms with Crippen molar-refractivity contribution in [1.82, 2.24) is 25.7 Å². The van der Waals surface area contributed by atoms with Crippen LogP contribution in [0.2, 0.25) is 0 Å². The molecule has 3 aromatic rings. The maximum atomic E-state index is 12.2. The molecule has 0 unspecified atom stereocenters. The Balaban J connectivity index is 1.57. The highest BCUT2D eigenvalue weighted by Crippen LogP contribution is 2.24. The van der Waals surface area contributed by atoms with Gasteiger partial charge in [0.15, 0.2) is 0 Å². The van der Waals surface area contributed by atoms with Crippen molar-refractivity contribution >= 4 is 29.8 Å². The third kappa shape index (κ3) is 4.62. The molecular formula is C23H19N5O4. The van der Waals surface area contributed by atoms with Gasteiger partial charge in [-0.2, -0.15) is 5.10 Å². The number of imide groups is 2. The molecule has 5 amide bonds. The summed E-state index contributed by atoms with van der Waals surface area (Å²) in [4.78, 5) is 47.8. The van der Waals surface area contributed by atoms with Crippen LogP contribution >= 0.6 is 0 Å². The van der Waals surface area contributed by atoms with E-state index in [1.54, 1.807) is 35.1 Å². The summed E-state index contributed by atoms with van der Waals surface area (Å²) in [6, 6.07) is 17.3. The summed E-state index contributed by atoms with van der Waals surface area (Å²) in [5.74, 6) is -1.75. The van der Waals surface area contributed by atoms with Crippen molar-refractivity contribution < 1.29 is 19.2 Å². The number of urea groups is 1. The highest BCUT2D eigenvalue weighted by Gasteiger charge is 2.28. The van der Waals surface area contributed by atoms with E-state index in [4.69, 9.17) is 0 Å². The van der Waals surface area contributed by atoms with Crippen molar-refractivity contribution in [2.45, 2.75) is 6.54 Å². The van der Waals surface area contributed by atoms with E-state index >= 15 is 0 Å². The average Bonchev–Trinajstić information content (AvgIpc) is 3.20. The minimum atomic E-state index is -0.856. The number of hydrogen-bond donors (Lipinski definition) is 3. The number of benzene rings is 2. The number of aromatic nitrogens is 2. The van der Waals surface area contributed by atoms with Gasteiger partial charge < -0.3 is 5.32 Å². The maximum Gasteiger partial charge on any atom is 0.328 e. The molecule has 2 aromatic carbocycles. The Kier molecular flexibility index (Phi) is 5.89. The molecule has 4 rings (SSSR count). The highest BCUT2D eigenvalue weighted by molar-refractivity contribution is 6.31. The molecule has 1 aliphatic heterocycles. The number of carbonyl (C=O) groups excluding carboxylic acids is 4. The van der Waals surface area contributed by atoms with E-state index < -0.39 is 17.8 Å². The number of barbiturate groups is 1. The monoisotopic (exact) mass is 429 g/mol. The standard InChI is InChI=1S/C23H19N5O4/c29-20(16-9-5-2-6-10-16)24-11-12-28-14-17(19(27-28)15-7-3-1-4-8-15)13-18-21(30)25-23(32)26-22(18)31/h1-10,13-14H,11-12H2,(H,24,29)(H2,25,26,30,31,32). The van der Waals surface area contributed by atoms with Crippen LogP contribution in [0.4, 0.5) is 4.79 Å². The fourth-order valence-corrected chi connectivity index (χ4v) is 3.21. The number of nitrogens with zero attached hydrogens (tertiary/aromatic N) is 2. The first-order chi connectivity index (χ1) is 15.5. The summed E-state index contributed by atoms with van der Waals surface area (Å²) in [6.07, 6.45) is 3.08. The smallest absolute Gasteiger partial charge is 0.328 e. The molecule has 0 aliphatic carbocycles. The van der Waals surface area contributed by atoms with Gasteiger partial charge in [-0.1, -0.05) is 48.5 Å². The van der Waals surface area contributed by atoms with Crippen molar-refractivity contribution in [1.29, 1.82) is 0 Å².